The fourth-order valence-electron chi connectivity index (χ4n) is 4.93. The van der Waals surface area contributed by atoms with Gasteiger partial charge in [-0.15, -0.1) is 0 Å². The molecule has 1 aliphatic carbocycles. The molecule has 4 nitrogen and oxygen atoms in total. The molecule has 28 heavy (non-hydrogen) atoms. The minimum atomic E-state index is -0.289. The molecule has 2 aromatic heterocycles. The first-order chi connectivity index (χ1) is 13.8. The number of nitrogens with zero attached hydrogens (tertiary/aromatic N) is 2. The van der Waals surface area contributed by atoms with E-state index >= 15 is 0 Å². The number of rotatable bonds is 2. The van der Waals surface area contributed by atoms with E-state index in [0.29, 0.717) is 11.5 Å². The zero-order valence-electron chi connectivity index (χ0n) is 16.1. The van der Waals surface area contributed by atoms with Gasteiger partial charge in [-0.1, -0.05) is 31.4 Å². The van der Waals surface area contributed by atoms with Gasteiger partial charge < -0.3 is 9.30 Å². The summed E-state index contributed by atoms with van der Waals surface area (Å²) in [6.45, 7) is 0.777. The highest BCUT2D eigenvalue weighted by atomic mass is 16.5. The van der Waals surface area contributed by atoms with E-state index in [0.717, 1.165) is 17.8 Å². The SMILES string of the molecule is COC(=O)c1ccc2c(C3CCCCC3)c3n(c2c1)CC=Cc1ncccc1-3. The van der Waals surface area contributed by atoms with Crippen LogP contribution < -0.4 is 0 Å². The topological polar surface area (TPSA) is 44.1 Å². The standard InChI is InChI=1S/C24H24N2O2/c1-28-24(27)17-11-12-19-21(15-17)26-14-6-10-20-18(9-5-13-25-20)23(26)22(19)16-7-3-2-4-8-16/h5-6,9-13,15-16H,2-4,7-8,14H2,1H3. The number of methoxy groups -OCH3 is 1. The Bertz CT molecular complexity index is 1090. The van der Waals surface area contributed by atoms with Gasteiger partial charge in [0.25, 0.3) is 0 Å². The van der Waals surface area contributed by atoms with E-state index < -0.39 is 0 Å². The summed E-state index contributed by atoms with van der Waals surface area (Å²) in [6, 6.07) is 10.2. The highest BCUT2D eigenvalue weighted by molar-refractivity contribution is 5.99. The maximum absolute atomic E-state index is 12.1. The van der Waals surface area contributed by atoms with Crippen LogP contribution in [0.25, 0.3) is 28.2 Å². The molecule has 0 N–H and O–H groups in total. The fraction of sp³-hybridized carbons (Fsp3) is 0.333. The third-order valence-electron chi connectivity index (χ3n) is 6.20. The fourth-order valence-corrected chi connectivity index (χ4v) is 4.93. The van der Waals surface area contributed by atoms with Crippen molar-refractivity contribution < 1.29 is 9.53 Å². The van der Waals surface area contributed by atoms with E-state index in [1.807, 2.05) is 24.4 Å². The average Bonchev–Trinajstić information content (AvgIpc) is 2.95. The molecule has 3 heterocycles. The van der Waals surface area contributed by atoms with Gasteiger partial charge in [0.05, 0.1) is 24.1 Å². The first-order valence-electron chi connectivity index (χ1n) is 10.1. The molecule has 1 saturated carbocycles. The molecular weight excluding hydrogens is 348 g/mol. The zero-order chi connectivity index (χ0) is 19.1. The summed E-state index contributed by atoms with van der Waals surface area (Å²) < 4.78 is 7.32. The zero-order valence-corrected chi connectivity index (χ0v) is 16.1. The number of fused-ring (bicyclic) bond motifs is 5. The summed E-state index contributed by atoms with van der Waals surface area (Å²) in [4.78, 5) is 16.8. The lowest BCUT2D eigenvalue weighted by molar-refractivity contribution is 0.0601. The number of aromatic nitrogens is 2. The monoisotopic (exact) mass is 372 g/mol. The quantitative estimate of drug-likeness (QED) is 0.553. The summed E-state index contributed by atoms with van der Waals surface area (Å²) in [5, 5.41) is 1.26. The van der Waals surface area contributed by atoms with Crippen LogP contribution in [0.1, 0.15) is 59.6 Å². The van der Waals surface area contributed by atoms with E-state index in [4.69, 9.17) is 4.74 Å². The van der Waals surface area contributed by atoms with Crippen LogP contribution in [0.3, 0.4) is 0 Å². The number of hydrogen-bond acceptors (Lipinski definition) is 3. The van der Waals surface area contributed by atoms with Crippen LogP contribution in [-0.4, -0.2) is 22.6 Å². The number of allylic oxidation sites excluding steroid dienone is 1. The molecule has 3 aromatic rings. The van der Waals surface area contributed by atoms with Crippen LogP contribution in [0.15, 0.2) is 42.6 Å². The van der Waals surface area contributed by atoms with Crippen molar-refractivity contribution in [3.8, 4) is 11.3 Å². The van der Waals surface area contributed by atoms with Crippen molar-refractivity contribution in [1.29, 1.82) is 0 Å². The number of esters is 1. The highest BCUT2D eigenvalue weighted by Crippen LogP contribution is 2.45. The van der Waals surface area contributed by atoms with Crippen molar-refractivity contribution in [1.82, 2.24) is 9.55 Å². The van der Waals surface area contributed by atoms with E-state index in [1.54, 1.807) is 0 Å². The summed E-state index contributed by atoms with van der Waals surface area (Å²) in [5.41, 5.74) is 6.63. The number of benzene rings is 1. The normalized spacial score (nSPS) is 16.5. The Morgan fingerprint density at radius 1 is 1.18 bits per heavy atom. The molecule has 1 aliphatic heterocycles. The Balaban J connectivity index is 1.83. The minimum absolute atomic E-state index is 0.289. The van der Waals surface area contributed by atoms with Gasteiger partial charge in [0.2, 0.25) is 0 Å². The van der Waals surface area contributed by atoms with Crippen molar-refractivity contribution >= 4 is 22.9 Å². The summed E-state index contributed by atoms with van der Waals surface area (Å²) >= 11 is 0. The van der Waals surface area contributed by atoms with Crippen molar-refractivity contribution in [3.63, 3.8) is 0 Å². The number of hydrogen-bond donors (Lipinski definition) is 0. The lowest BCUT2D eigenvalue weighted by Gasteiger charge is -2.23. The highest BCUT2D eigenvalue weighted by Gasteiger charge is 2.28. The second kappa shape index (κ2) is 6.93. The third-order valence-corrected chi connectivity index (χ3v) is 6.20. The molecule has 1 aromatic carbocycles. The molecule has 0 radical (unpaired) electrons. The number of ether oxygens (including phenoxy) is 1. The second-order valence-corrected chi connectivity index (χ2v) is 7.77. The lowest BCUT2D eigenvalue weighted by Crippen LogP contribution is -2.07. The van der Waals surface area contributed by atoms with Crippen LogP contribution >= 0.6 is 0 Å². The Morgan fingerprint density at radius 3 is 2.86 bits per heavy atom. The summed E-state index contributed by atoms with van der Waals surface area (Å²) in [6.07, 6.45) is 12.5. The molecule has 0 amide bonds. The summed E-state index contributed by atoms with van der Waals surface area (Å²) in [7, 11) is 1.43. The van der Waals surface area contributed by atoms with Gasteiger partial charge in [0.15, 0.2) is 0 Å². The smallest absolute Gasteiger partial charge is 0.337 e. The molecule has 1 fully saturated rings. The molecule has 142 valence electrons. The van der Waals surface area contributed by atoms with Crippen LogP contribution in [0.2, 0.25) is 0 Å². The third kappa shape index (κ3) is 2.67. The van der Waals surface area contributed by atoms with E-state index in [9.17, 15) is 4.79 Å². The van der Waals surface area contributed by atoms with Crippen molar-refractivity contribution in [2.24, 2.45) is 0 Å². The number of carbonyl (C=O) groups excluding carboxylic acids is 1. The van der Waals surface area contributed by atoms with Crippen molar-refractivity contribution in [3.05, 3.63) is 59.4 Å². The van der Waals surface area contributed by atoms with Crippen LogP contribution in [-0.2, 0) is 11.3 Å². The maximum atomic E-state index is 12.1. The van der Waals surface area contributed by atoms with Gasteiger partial charge in [-0.3, -0.25) is 4.98 Å². The first kappa shape index (κ1) is 17.2. The molecule has 0 atom stereocenters. The summed E-state index contributed by atoms with van der Waals surface area (Å²) in [5.74, 6) is 0.269. The molecule has 0 spiro atoms. The van der Waals surface area contributed by atoms with E-state index in [1.165, 1.54) is 61.4 Å². The Morgan fingerprint density at radius 2 is 2.04 bits per heavy atom. The van der Waals surface area contributed by atoms with E-state index in [-0.39, 0.29) is 5.97 Å². The number of carbonyl (C=O) groups is 1. The van der Waals surface area contributed by atoms with Gasteiger partial charge in [-0.05, 0) is 54.7 Å². The Labute approximate surface area is 164 Å². The lowest BCUT2D eigenvalue weighted by atomic mass is 9.81. The second-order valence-electron chi connectivity index (χ2n) is 7.77. The number of pyridine rings is 1. The predicted molar refractivity (Wildman–Crippen MR) is 111 cm³/mol. The van der Waals surface area contributed by atoms with Crippen LogP contribution in [0.4, 0.5) is 0 Å². The van der Waals surface area contributed by atoms with Gasteiger partial charge in [-0.25, -0.2) is 4.79 Å². The van der Waals surface area contributed by atoms with Gasteiger partial charge in [0.1, 0.15) is 0 Å². The maximum Gasteiger partial charge on any atom is 0.337 e. The molecular formula is C24H24N2O2. The van der Waals surface area contributed by atoms with Crippen molar-refractivity contribution in [2.75, 3.05) is 7.11 Å². The Kier molecular flexibility index (Phi) is 4.27. The van der Waals surface area contributed by atoms with Crippen LogP contribution in [0, 0.1) is 0 Å². The average molecular weight is 372 g/mol. The Hall–Kier alpha value is -2.88. The molecule has 4 heteroatoms. The molecule has 2 aliphatic rings. The molecule has 0 bridgehead atoms. The minimum Gasteiger partial charge on any atom is -0.465 e. The van der Waals surface area contributed by atoms with Gasteiger partial charge in [0, 0.05) is 29.2 Å². The predicted octanol–water partition coefficient (Wildman–Crippen LogP) is 5.56. The van der Waals surface area contributed by atoms with Gasteiger partial charge in [-0.2, -0.15) is 0 Å². The molecule has 5 rings (SSSR count). The largest absolute Gasteiger partial charge is 0.465 e. The van der Waals surface area contributed by atoms with Crippen LogP contribution in [0.5, 0.6) is 0 Å². The molecule has 0 unspecified atom stereocenters. The first-order valence-corrected chi connectivity index (χ1v) is 10.1. The van der Waals surface area contributed by atoms with Crippen molar-refractivity contribution in [2.45, 2.75) is 44.6 Å². The van der Waals surface area contributed by atoms with E-state index in [2.05, 4.69) is 33.8 Å². The molecule has 0 saturated heterocycles. The van der Waals surface area contributed by atoms with Gasteiger partial charge >= 0.3 is 5.97 Å².